The molecular weight excluding hydrogens is 347 g/mol. The largest absolute Gasteiger partial charge is 0.326 e. The molecule has 25 heavy (non-hydrogen) atoms. The van der Waals surface area contributed by atoms with Gasteiger partial charge in [-0.05, 0) is 30.0 Å². The van der Waals surface area contributed by atoms with E-state index in [2.05, 4.69) is 20.6 Å². The van der Waals surface area contributed by atoms with Crippen LogP contribution in [0.25, 0.3) is 0 Å². The summed E-state index contributed by atoms with van der Waals surface area (Å²) >= 11 is 1.32. The minimum atomic E-state index is -0.967. The van der Waals surface area contributed by atoms with Crippen molar-refractivity contribution in [3.63, 3.8) is 0 Å². The smallest absolute Gasteiger partial charge is 0.257 e. The number of anilines is 2. The molecular formula is C16H15FN4O3S. The Bertz CT molecular complexity index is 882. The highest BCUT2D eigenvalue weighted by Crippen LogP contribution is 2.30. The van der Waals surface area contributed by atoms with Gasteiger partial charge in [0, 0.05) is 12.1 Å². The van der Waals surface area contributed by atoms with Crippen LogP contribution in [0.5, 0.6) is 0 Å². The second-order valence-electron chi connectivity index (χ2n) is 5.37. The number of H-pyrrole nitrogens is 1. The molecule has 0 unspecified atom stereocenters. The van der Waals surface area contributed by atoms with E-state index in [1.165, 1.54) is 36.0 Å². The Labute approximate surface area is 146 Å². The lowest BCUT2D eigenvalue weighted by atomic mass is 9.92. The first-order valence-corrected chi connectivity index (χ1v) is 8.59. The number of carbonyl (C=O) groups excluding carboxylic acids is 2. The SMILES string of the molecule is CCSc1nc2c(c(=O)[nH]1)[C@H](C(=O)Nc1ccc(F)cc1)CC(=O)N2. The van der Waals surface area contributed by atoms with Crippen LogP contribution < -0.4 is 16.2 Å². The molecule has 1 atom stereocenters. The number of halogens is 1. The normalized spacial score (nSPS) is 16.1. The number of amides is 2. The average molecular weight is 362 g/mol. The van der Waals surface area contributed by atoms with E-state index in [1.807, 2.05) is 6.92 Å². The zero-order chi connectivity index (χ0) is 18.0. The summed E-state index contributed by atoms with van der Waals surface area (Å²) in [6.07, 6.45) is -0.162. The Kier molecular flexibility index (Phi) is 4.84. The topological polar surface area (TPSA) is 104 Å². The standard InChI is InChI=1S/C16H15FN4O3S/c1-2-25-16-20-13-12(15(24)21-16)10(7-11(22)19-13)14(23)18-9-5-3-8(17)4-6-9/h3-6,10H,2,7H2,1H3,(H,18,23)(H2,19,20,21,22,24)/t10-/m1/s1. The maximum absolute atomic E-state index is 13.0. The molecule has 1 aliphatic heterocycles. The number of fused-ring (bicyclic) bond motifs is 1. The highest BCUT2D eigenvalue weighted by Gasteiger charge is 2.34. The van der Waals surface area contributed by atoms with E-state index in [0.717, 1.165) is 0 Å². The fraction of sp³-hybridized carbons (Fsp3) is 0.250. The van der Waals surface area contributed by atoms with Crippen LogP contribution in [0.1, 0.15) is 24.8 Å². The van der Waals surface area contributed by atoms with Crippen molar-refractivity contribution in [2.45, 2.75) is 24.4 Å². The molecule has 2 amide bonds. The van der Waals surface area contributed by atoms with Crippen molar-refractivity contribution in [1.82, 2.24) is 9.97 Å². The summed E-state index contributed by atoms with van der Waals surface area (Å²) in [7, 11) is 0. The Hall–Kier alpha value is -2.68. The van der Waals surface area contributed by atoms with Crippen LogP contribution in [0.4, 0.5) is 15.9 Å². The summed E-state index contributed by atoms with van der Waals surface area (Å²) in [6, 6.07) is 5.22. The molecule has 0 aliphatic carbocycles. The number of aromatic amines is 1. The van der Waals surface area contributed by atoms with Crippen molar-refractivity contribution in [3.05, 3.63) is 46.0 Å². The molecule has 0 spiro atoms. The third-order valence-electron chi connectivity index (χ3n) is 3.64. The van der Waals surface area contributed by atoms with Gasteiger partial charge in [0.2, 0.25) is 11.8 Å². The fourth-order valence-electron chi connectivity index (χ4n) is 2.54. The molecule has 1 aromatic heterocycles. The summed E-state index contributed by atoms with van der Waals surface area (Å²) < 4.78 is 13.0. The molecule has 0 saturated heterocycles. The van der Waals surface area contributed by atoms with Crippen LogP contribution in [-0.2, 0) is 9.59 Å². The third-order valence-corrected chi connectivity index (χ3v) is 4.39. The number of carbonyl (C=O) groups is 2. The number of hydrogen-bond donors (Lipinski definition) is 3. The first-order chi connectivity index (χ1) is 12.0. The molecule has 0 bridgehead atoms. The second kappa shape index (κ2) is 7.06. The number of nitrogens with zero attached hydrogens (tertiary/aromatic N) is 1. The van der Waals surface area contributed by atoms with Crippen LogP contribution in [0.3, 0.4) is 0 Å². The summed E-state index contributed by atoms with van der Waals surface area (Å²) in [5.74, 6) is -1.50. The van der Waals surface area contributed by atoms with E-state index < -0.39 is 29.1 Å². The zero-order valence-electron chi connectivity index (χ0n) is 13.3. The van der Waals surface area contributed by atoms with Gasteiger partial charge in [-0.1, -0.05) is 18.7 Å². The van der Waals surface area contributed by atoms with Crippen LogP contribution in [-0.4, -0.2) is 27.5 Å². The van der Waals surface area contributed by atoms with Gasteiger partial charge in [0.05, 0.1) is 11.5 Å². The number of rotatable bonds is 4. The lowest BCUT2D eigenvalue weighted by Gasteiger charge is -2.23. The maximum Gasteiger partial charge on any atom is 0.257 e. The van der Waals surface area contributed by atoms with E-state index in [4.69, 9.17) is 0 Å². The Balaban J connectivity index is 1.92. The molecule has 0 saturated carbocycles. The minimum Gasteiger partial charge on any atom is -0.326 e. The van der Waals surface area contributed by atoms with Gasteiger partial charge in [0.25, 0.3) is 5.56 Å². The first-order valence-electron chi connectivity index (χ1n) is 7.61. The van der Waals surface area contributed by atoms with Crippen LogP contribution in [0.2, 0.25) is 0 Å². The molecule has 1 aromatic carbocycles. The monoisotopic (exact) mass is 362 g/mol. The highest BCUT2D eigenvalue weighted by atomic mass is 32.2. The van der Waals surface area contributed by atoms with Crippen molar-refractivity contribution in [3.8, 4) is 0 Å². The second-order valence-corrected chi connectivity index (χ2v) is 6.62. The summed E-state index contributed by atoms with van der Waals surface area (Å²) in [4.78, 5) is 43.7. The maximum atomic E-state index is 13.0. The summed E-state index contributed by atoms with van der Waals surface area (Å²) in [5, 5.41) is 5.52. The molecule has 0 fully saturated rings. The van der Waals surface area contributed by atoms with E-state index >= 15 is 0 Å². The van der Waals surface area contributed by atoms with Gasteiger partial charge in [-0.2, -0.15) is 0 Å². The molecule has 2 aromatic rings. The number of hydrogen-bond acceptors (Lipinski definition) is 5. The minimum absolute atomic E-state index is 0.107. The first kappa shape index (κ1) is 17.2. The van der Waals surface area contributed by atoms with Gasteiger partial charge >= 0.3 is 0 Å². The molecule has 3 N–H and O–H groups in total. The molecule has 2 heterocycles. The van der Waals surface area contributed by atoms with Gasteiger partial charge in [-0.25, -0.2) is 9.37 Å². The quantitative estimate of drug-likeness (QED) is 0.571. The lowest BCUT2D eigenvalue weighted by molar-refractivity contribution is -0.123. The molecule has 1 aliphatic rings. The van der Waals surface area contributed by atoms with Crippen molar-refractivity contribution in [1.29, 1.82) is 0 Å². The molecule has 3 rings (SSSR count). The van der Waals surface area contributed by atoms with Crippen LogP contribution in [0, 0.1) is 5.82 Å². The lowest BCUT2D eigenvalue weighted by Crippen LogP contribution is -2.36. The van der Waals surface area contributed by atoms with Gasteiger partial charge < -0.3 is 15.6 Å². The number of thioether (sulfide) groups is 1. The van der Waals surface area contributed by atoms with E-state index in [0.29, 0.717) is 16.6 Å². The van der Waals surface area contributed by atoms with E-state index in [-0.39, 0.29) is 17.8 Å². The number of nitrogens with one attached hydrogen (secondary N) is 3. The van der Waals surface area contributed by atoms with Crippen LogP contribution >= 0.6 is 11.8 Å². The van der Waals surface area contributed by atoms with E-state index in [9.17, 15) is 18.8 Å². The third kappa shape index (κ3) is 3.71. The van der Waals surface area contributed by atoms with Crippen molar-refractivity contribution < 1.29 is 14.0 Å². The number of aromatic nitrogens is 2. The average Bonchev–Trinajstić information content (AvgIpc) is 2.56. The van der Waals surface area contributed by atoms with Gasteiger partial charge in [-0.15, -0.1) is 0 Å². The van der Waals surface area contributed by atoms with Crippen molar-refractivity contribution in [2.24, 2.45) is 0 Å². The predicted octanol–water partition coefficient (Wildman–Crippen LogP) is 2.09. The van der Waals surface area contributed by atoms with Gasteiger partial charge in [-0.3, -0.25) is 14.4 Å². The van der Waals surface area contributed by atoms with Gasteiger partial charge in [0.15, 0.2) is 5.16 Å². The predicted molar refractivity (Wildman–Crippen MR) is 92.3 cm³/mol. The van der Waals surface area contributed by atoms with E-state index in [1.54, 1.807) is 0 Å². The summed E-state index contributed by atoms with van der Waals surface area (Å²) in [5.41, 5.74) is 0.0429. The Morgan fingerprint density at radius 3 is 2.76 bits per heavy atom. The molecule has 0 radical (unpaired) electrons. The highest BCUT2D eigenvalue weighted by molar-refractivity contribution is 7.99. The van der Waals surface area contributed by atoms with Crippen LogP contribution in [0.15, 0.2) is 34.2 Å². The Morgan fingerprint density at radius 1 is 1.36 bits per heavy atom. The fourth-order valence-corrected chi connectivity index (χ4v) is 3.14. The van der Waals surface area contributed by atoms with Gasteiger partial charge in [0.1, 0.15) is 11.6 Å². The number of benzene rings is 1. The molecule has 7 nitrogen and oxygen atoms in total. The molecule has 9 heteroatoms. The van der Waals surface area contributed by atoms with Crippen molar-refractivity contribution >= 4 is 35.1 Å². The summed E-state index contributed by atoms with van der Waals surface area (Å²) in [6.45, 7) is 1.90. The molecule has 130 valence electrons. The van der Waals surface area contributed by atoms with Crippen molar-refractivity contribution in [2.75, 3.05) is 16.4 Å². The Morgan fingerprint density at radius 2 is 2.08 bits per heavy atom. The zero-order valence-corrected chi connectivity index (χ0v) is 14.1.